The average Bonchev–Trinajstić information content (AvgIpc) is 3.83. The first kappa shape index (κ1) is 40.0. The summed E-state index contributed by atoms with van der Waals surface area (Å²) < 4.78 is 10.7. The van der Waals surface area contributed by atoms with Crippen LogP contribution in [-0.2, 0) is 32.1 Å². The van der Waals surface area contributed by atoms with E-state index in [2.05, 4.69) is 65.7 Å². The molecule has 0 amide bonds. The van der Waals surface area contributed by atoms with Crippen molar-refractivity contribution in [3.05, 3.63) is 70.6 Å². The first-order chi connectivity index (χ1) is 25.6. The predicted octanol–water partition coefficient (Wildman–Crippen LogP) is 11.9. The van der Waals surface area contributed by atoms with E-state index in [1.54, 1.807) is 12.5 Å². The lowest BCUT2D eigenvalue weighted by atomic mass is 9.49. The minimum Gasteiger partial charge on any atom is -0.472 e. The summed E-state index contributed by atoms with van der Waals surface area (Å²) in [4.78, 5) is 36.9. The number of aryl methyl sites for hydroxylation is 2. The van der Waals surface area contributed by atoms with Crippen molar-refractivity contribution < 1.29 is 28.1 Å². The minimum absolute atomic E-state index is 0.0972. The summed E-state index contributed by atoms with van der Waals surface area (Å²) in [6.45, 7) is 18.7. The third-order valence-electron chi connectivity index (χ3n) is 14.4. The molecule has 4 atom stereocenters. The van der Waals surface area contributed by atoms with Gasteiger partial charge in [0.05, 0.1) is 36.5 Å². The second-order valence-electron chi connectivity index (χ2n) is 18.7. The molecule has 2 aromatic rings. The molecule has 0 unspecified atom stereocenters. The fourth-order valence-corrected chi connectivity index (χ4v) is 11.3. The molecule has 0 aromatic carbocycles. The van der Waals surface area contributed by atoms with E-state index in [0.29, 0.717) is 24.7 Å². The maximum atomic E-state index is 12.9. The van der Waals surface area contributed by atoms with E-state index in [-0.39, 0.29) is 46.4 Å². The van der Waals surface area contributed by atoms with Crippen LogP contribution in [-0.4, -0.2) is 23.4 Å². The summed E-state index contributed by atoms with van der Waals surface area (Å²) in [7, 11) is 0. The van der Waals surface area contributed by atoms with Crippen LogP contribution in [0.15, 0.2) is 78.6 Å². The lowest BCUT2D eigenvalue weighted by molar-refractivity contribution is -0.146. The van der Waals surface area contributed by atoms with Gasteiger partial charge in [0.2, 0.25) is 0 Å². The van der Waals surface area contributed by atoms with Gasteiger partial charge in [0, 0.05) is 12.8 Å². The summed E-state index contributed by atoms with van der Waals surface area (Å²) in [5, 5.41) is 9.00. The second kappa shape index (κ2) is 16.2. The molecule has 2 fully saturated rings. The topological polar surface area (TPSA) is 104 Å². The molecular formula is C46H64N2O6. The normalized spacial score (nSPS) is 29.3. The quantitative estimate of drug-likeness (QED) is 0.115. The van der Waals surface area contributed by atoms with Gasteiger partial charge in [-0.2, -0.15) is 0 Å². The van der Waals surface area contributed by atoms with E-state index in [4.69, 9.17) is 18.5 Å². The maximum absolute atomic E-state index is 12.9. The number of allylic oxidation sites excluding steroid dienone is 4. The average molecular weight is 741 g/mol. The molecule has 2 saturated carbocycles. The summed E-state index contributed by atoms with van der Waals surface area (Å²) in [5.74, 6) is 0.108. The number of hydrogen-bond donors (Lipinski definition) is 0. The van der Waals surface area contributed by atoms with Gasteiger partial charge in [-0.1, -0.05) is 75.8 Å². The highest BCUT2D eigenvalue weighted by atomic mass is 16.7. The summed E-state index contributed by atoms with van der Waals surface area (Å²) in [6.07, 6.45) is 21.0. The maximum Gasteiger partial charge on any atom is 0.335 e. The van der Waals surface area contributed by atoms with E-state index >= 15 is 0 Å². The zero-order valence-electron chi connectivity index (χ0n) is 34.3. The van der Waals surface area contributed by atoms with Crippen molar-refractivity contribution in [2.24, 2.45) is 43.8 Å². The second-order valence-corrected chi connectivity index (χ2v) is 18.7. The number of hydrogen-bond acceptors (Lipinski definition) is 8. The van der Waals surface area contributed by atoms with Crippen LogP contribution in [0.5, 0.6) is 0 Å². The molecule has 0 aliphatic heterocycles. The molecule has 4 aliphatic carbocycles. The number of furan rings is 2. The van der Waals surface area contributed by atoms with Crippen molar-refractivity contribution in [1.82, 2.24) is 0 Å². The lowest BCUT2D eigenvalue weighted by Crippen LogP contribution is -2.47. The number of nitrogens with zero attached hydrogens (tertiary/aromatic N) is 2. The SMILES string of the molecule is CC1=C(CCc2ccoc2)[C@@]2(C)CCCC(C)(C)[C@@H]2C/C1=N/OC(=O)CCCCC(=O)O/N=C1/C[C@H]2C(C)(C)CCC[C@]2(C)C(CCc2ccoc2)=C1C. The molecule has 0 bridgehead atoms. The van der Waals surface area contributed by atoms with E-state index in [0.717, 1.165) is 61.1 Å². The molecule has 0 spiro atoms. The van der Waals surface area contributed by atoms with Gasteiger partial charge in [0.1, 0.15) is 0 Å². The Morgan fingerprint density at radius 2 is 1.06 bits per heavy atom. The van der Waals surface area contributed by atoms with Crippen LogP contribution in [0.3, 0.4) is 0 Å². The van der Waals surface area contributed by atoms with Gasteiger partial charge in [-0.05, 0) is 159 Å². The molecule has 8 nitrogen and oxygen atoms in total. The van der Waals surface area contributed by atoms with Crippen molar-refractivity contribution in [3.8, 4) is 0 Å². The number of carbonyl (C=O) groups excluding carboxylic acids is 2. The Morgan fingerprint density at radius 1 is 0.648 bits per heavy atom. The highest BCUT2D eigenvalue weighted by Gasteiger charge is 2.53. The zero-order chi connectivity index (χ0) is 38.7. The smallest absolute Gasteiger partial charge is 0.335 e. The first-order valence-electron chi connectivity index (χ1n) is 20.6. The van der Waals surface area contributed by atoms with Crippen LogP contribution < -0.4 is 0 Å². The Hall–Kier alpha value is -3.68. The number of rotatable bonds is 13. The van der Waals surface area contributed by atoms with Gasteiger partial charge in [0.15, 0.2) is 0 Å². The monoisotopic (exact) mass is 740 g/mol. The van der Waals surface area contributed by atoms with Crippen molar-refractivity contribution >= 4 is 23.4 Å². The summed E-state index contributed by atoms with van der Waals surface area (Å²) in [6, 6.07) is 4.07. The van der Waals surface area contributed by atoms with Gasteiger partial charge < -0.3 is 18.5 Å². The van der Waals surface area contributed by atoms with Crippen molar-refractivity contribution in [3.63, 3.8) is 0 Å². The van der Waals surface area contributed by atoms with E-state index in [1.165, 1.54) is 60.8 Å². The Balaban J connectivity index is 1.04. The van der Waals surface area contributed by atoms with Crippen LogP contribution in [0.2, 0.25) is 0 Å². The summed E-state index contributed by atoms with van der Waals surface area (Å²) >= 11 is 0. The fraction of sp³-hybridized carbons (Fsp3) is 0.652. The standard InChI is InChI=1S/C46H64N2O6/c1-31-35(17-15-33-19-25-51-29-33)45(7)23-11-21-43(3,4)39(45)27-37(31)47-53-41(49)13-9-10-14-42(50)54-48-38-28-40-44(5,6)22-12-24-46(40,8)36(32(38)2)18-16-34-20-26-52-30-34/h19-20,25-26,29-30,39-40H,9-18,21-24,27-28H2,1-8H3/b47-37-,48-38-/t39-,40-,45+,46+/m0/s1. The molecule has 2 heterocycles. The van der Waals surface area contributed by atoms with Gasteiger partial charge in [-0.15, -0.1) is 0 Å². The molecule has 2 aromatic heterocycles. The Morgan fingerprint density at radius 3 is 1.43 bits per heavy atom. The largest absolute Gasteiger partial charge is 0.472 e. The molecule has 0 radical (unpaired) electrons. The highest BCUT2D eigenvalue weighted by Crippen LogP contribution is 2.61. The molecule has 8 heteroatoms. The first-order valence-corrected chi connectivity index (χ1v) is 20.6. The van der Waals surface area contributed by atoms with E-state index < -0.39 is 0 Å². The Kier molecular flexibility index (Phi) is 12.0. The molecule has 4 aliphatic rings. The Labute approximate surface area is 323 Å². The van der Waals surface area contributed by atoms with Crippen LogP contribution in [0.25, 0.3) is 0 Å². The third kappa shape index (κ3) is 8.43. The van der Waals surface area contributed by atoms with Gasteiger partial charge in [0.25, 0.3) is 0 Å². The van der Waals surface area contributed by atoms with E-state index in [1.807, 2.05) is 24.7 Å². The number of carbonyl (C=O) groups is 2. The van der Waals surface area contributed by atoms with Gasteiger partial charge in [-0.25, -0.2) is 9.59 Å². The van der Waals surface area contributed by atoms with Crippen LogP contribution in [0, 0.1) is 33.5 Å². The zero-order valence-corrected chi connectivity index (χ0v) is 34.3. The minimum atomic E-state index is -0.371. The molecule has 6 rings (SSSR count). The van der Waals surface area contributed by atoms with Crippen LogP contribution >= 0.6 is 0 Å². The molecular weight excluding hydrogens is 677 g/mol. The van der Waals surface area contributed by atoms with Gasteiger partial charge in [-0.3, -0.25) is 0 Å². The van der Waals surface area contributed by atoms with E-state index in [9.17, 15) is 9.59 Å². The number of fused-ring (bicyclic) bond motifs is 2. The number of unbranched alkanes of at least 4 members (excludes halogenated alkanes) is 1. The highest BCUT2D eigenvalue weighted by molar-refractivity contribution is 6.02. The van der Waals surface area contributed by atoms with Crippen molar-refractivity contribution in [2.45, 2.75) is 158 Å². The van der Waals surface area contributed by atoms with Crippen molar-refractivity contribution in [1.29, 1.82) is 0 Å². The fourth-order valence-electron chi connectivity index (χ4n) is 11.3. The third-order valence-corrected chi connectivity index (χ3v) is 14.4. The van der Waals surface area contributed by atoms with Gasteiger partial charge >= 0.3 is 11.9 Å². The lowest BCUT2D eigenvalue weighted by Gasteiger charge is -2.55. The molecule has 294 valence electrons. The molecule has 54 heavy (non-hydrogen) atoms. The summed E-state index contributed by atoms with van der Waals surface area (Å²) in [5.41, 5.74) is 9.89. The number of oxime groups is 2. The molecule has 0 N–H and O–H groups in total. The Bertz CT molecular complexity index is 1640. The molecule has 0 saturated heterocycles. The predicted molar refractivity (Wildman–Crippen MR) is 213 cm³/mol. The van der Waals surface area contributed by atoms with Crippen molar-refractivity contribution in [2.75, 3.05) is 0 Å². The van der Waals surface area contributed by atoms with Crippen LogP contribution in [0.4, 0.5) is 0 Å². The van der Waals surface area contributed by atoms with Crippen LogP contribution in [0.1, 0.15) is 156 Å².